The van der Waals surface area contributed by atoms with Gasteiger partial charge in [0.1, 0.15) is 5.82 Å². The van der Waals surface area contributed by atoms with Crippen molar-refractivity contribution in [2.45, 2.75) is 19.4 Å². The van der Waals surface area contributed by atoms with Gasteiger partial charge in [0.2, 0.25) is 0 Å². The molecule has 0 amide bonds. The summed E-state index contributed by atoms with van der Waals surface area (Å²) in [7, 11) is 1.92. The lowest BCUT2D eigenvalue weighted by molar-refractivity contribution is 0.537. The Balaban J connectivity index is 2.02. The molecule has 0 saturated heterocycles. The summed E-state index contributed by atoms with van der Waals surface area (Å²) in [4.78, 5) is 2.34. The first-order valence-electron chi connectivity index (χ1n) is 7.47. The van der Waals surface area contributed by atoms with Crippen molar-refractivity contribution in [3.8, 4) is 0 Å². The highest BCUT2D eigenvalue weighted by molar-refractivity contribution is 5.45. The fourth-order valence-corrected chi connectivity index (χ4v) is 2.59. The van der Waals surface area contributed by atoms with Gasteiger partial charge in [0, 0.05) is 24.8 Å². The van der Waals surface area contributed by atoms with Crippen molar-refractivity contribution in [1.29, 1.82) is 0 Å². The second-order valence-corrected chi connectivity index (χ2v) is 5.10. The van der Waals surface area contributed by atoms with Gasteiger partial charge in [0.05, 0.1) is 0 Å². The van der Waals surface area contributed by atoms with Gasteiger partial charge in [-0.1, -0.05) is 30.3 Å². The zero-order valence-electron chi connectivity index (χ0n) is 12.7. The van der Waals surface area contributed by atoms with Gasteiger partial charge < -0.3 is 10.2 Å². The zero-order chi connectivity index (χ0) is 15.1. The summed E-state index contributed by atoms with van der Waals surface area (Å²) < 4.78 is 13.4. The van der Waals surface area contributed by atoms with Gasteiger partial charge in [0.15, 0.2) is 0 Å². The Bertz CT molecular complexity index is 542. The highest BCUT2D eigenvalue weighted by atomic mass is 19.1. The number of hydrogen-bond donors (Lipinski definition) is 1. The van der Waals surface area contributed by atoms with Gasteiger partial charge in [0.25, 0.3) is 0 Å². The molecule has 21 heavy (non-hydrogen) atoms. The fourth-order valence-electron chi connectivity index (χ4n) is 2.59. The smallest absolute Gasteiger partial charge is 0.123 e. The molecule has 2 rings (SSSR count). The van der Waals surface area contributed by atoms with Crippen LogP contribution in [0.3, 0.4) is 0 Å². The van der Waals surface area contributed by atoms with Crippen LogP contribution < -0.4 is 10.2 Å². The third kappa shape index (κ3) is 4.30. The average molecular weight is 286 g/mol. The van der Waals surface area contributed by atoms with Crippen LogP contribution in [0.2, 0.25) is 0 Å². The van der Waals surface area contributed by atoms with E-state index < -0.39 is 0 Å². The van der Waals surface area contributed by atoms with E-state index in [2.05, 4.69) is 41.4 Å². The molecule has 1 unspecified atom stereocenters. The van der Waals surface area contributed by atoms with Gasteiger partial charge in [-0.15, -0.1) is 0 Å². The highest BCUT2D eigenvalue weighted by Gasteiger charge is 2.12. The van der Waals surface area contributed by atoms with Gasteiger partial charge >= 0.3 is 0 Å². The molecule has 0 bridgehead atoms. The molecule has 0 aliphatic heterocycles. The van der Waals surface area contributed by atoms with Crippen LogP contribution in [0.5, 0.6) is 0 Å². The van der Waals surface area contributed by atoms with E-state index in [1.807, 2.05) is 19.2 Å². The number of halogens is 1. The lowest BCUT2D eigenvalue weighted by Gasteiger charge is -2.26. The van der Waals surface area contributed by atoms with Crippen LogP contribution >= 0.6 is 0 Å². The minimum absolute atomic E-state index is 0.165. The lowest BCUT2D eigenvalue weighted by Crippen LogP contribution is -2.28. The van der Waals surface area contributed by atoms with E-state index in [9.17, 15) is 4.39 Å². The molecule has 2 nitrogen and oxygen atoms in total. The predicted octanol–water partition coefficient (Wildman–Crippen LogP) is 4.00. The van der Waals surface area contributed by atoms with E-state index in [-0.39, 0.29) is 11.9 Å². The minimum Gasteiger partial charge on any atom is -0.372 e. The summed E-state index contributed by atoms with van der Waals surface area (Å²) in [5, 5.41) is 3.28. The monoisotopic (exact) mass is 286 g/mol. The lowest BCUT2D eigenvalue weighted by atomic mass is 10.0. The Morgan fingerprint density at radius 2 is 1.86 bits per heavy atom. The Morgan fingerprint density at radius 3 is 2.48 bits per heavy atom. The van der Waals surface area contributed by atoms with E-state index >= 15 is 0 Å². The van der Waals surface area contributed by atoms with Gasteiger partial charge in [-0.25, -0.2) is 4.39 Å². The molecule has 0 aliphatic rings. The maximum absolute atomic E-state index is 13.4. The zero-order valence-corrected chi connectivity index (χ0v) is 12.7. The van der Waals surface area contributed by atoms with Gasteiger partial charge in [-0.2, -0.15) is 0 Å². The normalized spacial score (nSPS) is 12.1. The first-order valence-corrected chi connectivity index (χ1v) is 7.47. The third-order valence-electron chi connectivity index (χ3n) is 3.79. The molecule has 0 heterocycles. The quantitative estimate of drug-likeness (QED) is 0.827. The number of rotatable bonds is 7. The number of nitrogens with one attached hydrogen (secondary N) is 1. The van der Waals surface area contributed by atoms with Crippen molar-refractivity contribution in [2.24, 2.45) is 0 Å². The van der Waals surface area contributed by atoms with Crippen LogP contribution in [0.25, 0.3) is 0 Å². The third-order valence-corrected chi connectivity index (χ3v) is 3.79. The maximum atomic E-state index is 13.4. The molecule has 1 atom stereocenters. The van der Waals surface area contributed by atoms with Crippen LogP contribution in [0.1, 0.15) is 24.9 Å². The van der Waals surface area contributed by atoms with Crippen molar-refractivity contribution in [2.75, 3.05) is 25.0 Å². The molecule has 3 heteroatoms. The first-order chi connectivity index (χ1) is 10.2. The molecule has 2 aromatic carbocycles. The number of nitrogens with zero attached hydrogens (tertiary/aromatic N) is 1. The average Bonchev–Trinajstić information content (AvgIpc) is 2.52. The van der Waals surface area contributed by atoms with E-state index in [4.69, 9.17) is 0 Å². The number of anilines is 1. The van der Waals surface area contributed by atoms with Crippen LogP contribution in [0.4, 0.5) is 10.1 Å². The SMILES string of the molecule is CCN(CCC(NC)c1cccc(F)c1)c1ccccc1. The summed E-state index contributed by atoms with van der Waals surface area (Å²) in [5.41, 5.74) is 2.23. The van der Waals surface area contributed by atoms with E-state index in [0.717, 1.165) is 25.1 Å². The Morgan fingerprint density at radius 1 is 1.10 bits per heavy atom. The van der Waals surface area contributed by atoms with Crippen LogP contribution in [-0.4, -0.2) is 20.1 Å². The van der Waals surface area contributed by atoms with Gasteiger partial charge in [-0.3, -0.25) is 0 Å². The van der Waals surface area contributed by atoms with E-state index in [1.165, 1.54) is 11.8 Å². The van der Waals surface area contributed by atoms with Crippen LogP contribution in [-0.2, 0) is 0 Å². The van der Waals surface area contributed by atoms with Crippen molar-refractivity contribution in [1.82, 2.24) is 5.32 Å². The van der Waals surface area contributed by atoms with Crippen molar-refractivity contribution >= 4 is 5.69 Å². The number of benzene rings is 2. The van der Waals surface area contributed by atoms with Gasteiger partial charge in [-0.05, 0) is 50.2 Å². The molecule has 0 spiro atoms. The van der Waals surface area contributed by atoms with Crippen molar-refractivity contribution in [3.63, 3.8) is 0 Å². The second kappa shape index (κ2) is 7.79. The maximum Gasteiger partial charge on any atom is 0.123 e. The molecule has 0 fully saturated rings. The molecular weight excluding hydrogens is 263 g/mol. The molecule has 2 aromatic rings. The van der Waals surface area contributed by atoms with Crippen molar-refractivity contribution < 1.29 is 4.39 Å². The molecule has 0 radical (unpaired) electrons. The topological polar surface area (TPSA) is 15.3 Å². The predicted molar refractivity (Wildman–Crippen MR) is 87.1 cm³/mol. The summed E-state index contributed by atoms with van der Waals surface area (Å²) >= 11 is 0. The van der Waals surface area contributed by atoms with Crippen molar-refractivity contribution in [3.05, 3.63) is 66.0 Å². The molecular formula is C18H23FN2. The largest absolute Gasteiger partial charge is 0.372 e. The molecule has 1 N–H and O–H groups in total. The Kier molecular flexibility index (Phi) is 5.76. The Labute approximate surface area is 126 Å². The van der Waals surface area contributed by atoms with E-state index in [0.29, 0.717) is 0 Å². The van der Waals surface area contributed by atoms with E-state index in [1.54, 1.807) is 12.1 Å². The summed E-state index contributed by atoms with van der Waals surface area (Å²) in [6, 6.07) is 17.4. The number of hydrogen-bond acceptors (Lipinski definition) is 2. The summed E-state index contributed by atoms with van der Waals surface area (Å²) in [6.07, 6.45) is 0.933. The highest BCUT2D eigenvalue weighted by Crippen LogP contribution is 2.20. The molecule has 0 aliphatic carbocycles. The number of para-hydroxylation sites is 1. The summed E-state index contributed by atoms with van der Waals surface area (Å²) in [6.45, 7) is 4.05. The second-order valence-electron chi connectivity index (χ2n) is 5.10. The molecule has 0 aromatic heterocycles. The summed E-state index contributed by atoms with van der Waals surface area (Å²) in [5.74, 6) is -0.178. The fraction of sp³-hybridized carbons (Fsp3) is 0.333. The molecule has 0 saturated carbocycles. The minimum atomic E-state index is -0.178. The van der Waals surface area contributed by atoms with Crippen LogP contribution in [0.15, 0.2) is 54.6 Å². The first kappa shape index (κ1) is 15.5. The Hall–Kier alpha value is -1.87. The molecule has 112 valence electrons. The van der Waals surface area contributed by atoms with Crippen LogP contribution in [0, 0.1) is 5.82 Å². The standard InChI is InChI=1S/C18H23FN2/c1-3-21(17-10-5-4-6-11-17)13-12-18(20-2)15-8-7-9-16(19)14-15/h4-11,14,18,20H,3,12-13H2,1-2H3.